The maximum absolute atomic E-state index is 9.44. The largest absolute Gasteiger partial charge is 0.393 e. The highest BCUT2D eigenvalue weighted by molar-refractivity contribution is 6.42. The first-order chi connectivity index (χ1) is 8.65. The minimum atomic E-state index is -0.0729. The Labute approximate surface area is 118 Å². The van der Waals surface area contributed by atoms with Crippen molar-refractivity contribution >= 4 is 23.2 Å². The molecule has 0 amide bonds. The number of aliphatic hydroxyl groups excluding tert-OH is 1. The molecule has 0 spiro atoms. The predicted molar refractivity (Wildman–Crippen MR) is 76.1 cm³/mol. The van der Waals surface area contributed by atoms with Gasteiger partial charge in [-0.3, -0.25) is 0 Å². The van der Waals surface area contributed by atoms with Crippen molar-refractivity contribution in [3.8, 4) is 0 Å². The lowest BCUT2D eigenvalue weighted by Gasteiger charge is -2.25. The Kier molecular flexibility index (Phi) is 5.31. The highest BCUT2D eigenvalue weighted by atomic mass is 35.5. The summed E-state index contributed by atoms with van der Waals surface area (Å²) in [5.41, 5.74) is 1.15. The van der Waals surface area contributed by atoms with Gasteiger partial charge in [-0.25, -0.2) is 0 Å². The number of halogens is 2. The fourth-order valence-corrected chi connectivity index (χ4v) is 2.74. The topological polar surface area (TPSA) is 32.3 Å². The van der Waals surface area contributed by atoms with E-state index in [0.717, 1.165) is 44.3 Å². The second kappa shape index (κ2) is 6.76. The molecule has 0 bridgehead atoms. The van der Waals surface area contributed by atoms with Crippen molar-refractivity contribution in [1.29, 1.82) is 0 Å². The van der Waals surface area contributed by atoms with Crippen molar-refractivity contribution in [3.63, 3.8) is 0 Å². The Balaban J connectivity index is 1.73. The fraction of sp³-hybridized carbons (Fsp3) is 0.571. The molecule has 18 heavy (non-hydrogen) atoms. The van der Waals surface area contributed by atoms with Gasteiger partial charge in [-0.2, -0.15) is 0 Å². The van der Waals surface area contributed by atoms with Crippen molar-refractivity contribution < 1.29 is 5.11 Å². The quantitative estimate of drug-likeness (QED) is 0.886. The van der Waals surface area contributed by atoms with Gasteiger partial charge in [0.05, 0.1) is 16.1 Å². The Hall–Kier alpha value is -0.280. The minimum absolute atomic E-state index is 0.0729. The van der Waals surface area contributed by atoms with Gasteiger partial charge in [-0.1, -0.05) is 29.3 Å². The van der Waals surface area contributed by atoms with Gasteiger partial charge in [-0.05, 0) is 55.8 Å². The van der Waals surface area contributed by atoms with E-state index in [0.29, 0.717) is 16.0 Å². The van der Waals surface area contributed by atoms with E-state index in [9.17, 15) is 5.11 Å². The maximum Gasteiger partial charge on any atom is 0.0595 e. The molecule has 1 fully saturated rings. The van der Waals surface area contributed by atoms with Crippen LogP contribution in [0.5, 0.6) is 0 Å². The lowest BCUT2D eigenvalue weighted by atomic mass is 9.87. The molecule has 0 saturated heterocycles. The van der Waals surface area contributed by atoms with E-state index in [1.54, 1.807) is 0 Å². The summed E-state index contributed by atoms with van der Waals surface area (Å²) >= 11 is 11.8. The number of nitrogens with one attached hydrogen (secondary N) is 1. The van der Waals surface area contributed by atoms with Crippen molar-refractivity contribution in [2.75, 3.05) is 6.54 Å². The Morgan fingerprint density at radius 3 is 2.50 bits per heavy atom. The lowest BCUT2D eigenvalue weighted by Crippen LogP contribution is -2.27. The SMILES string of the molecule is OC1CCC(CNCc2ccc(Cl)c(Cl)c2)CC1. The first-order valence-corrected chi connectivity index (χ1v) is 7.23. The molecule has 100 valence electrons. The molecule has 2 nitrogen and oxygen atoms in total. The van der Waals surface area contributed by atoms with Crippen LogP contribution in [0.1, 0.15) is 31.2 Å². The van der Waals surface area contributed by atoms with Gasteiger partial charge in [0.2, 0.25) is 0 Å². The highest BCUT2D eigenvalue weighted by Gasteiger charge is 2.18. The second-order valence-electron chi connectivity index (χ2n) is 5.05. The number of rotatable bonds is 4. The zero-order chi connectivity index (χ0) is 13.0. The van der Waals surface area contributed by atoms with Crippen molar-refractivity contribution in [3.05, 3.63) is 33.8 Å². The van der Waals surface area contributed by atoms with Crippen LogP contribution in [0.2, 0.25) is 10.0 Å². The number of benzene rings is 1. The van der Waals surface area contributed by atoms with Crippen LogP contribution in [0.25, 0.3) is 0 Å². The molecule has 1 aromatic carbocycles. The van der Waals surface area contributed by atoms with Crippen LogP contribution in [-0.2, 0) is 6.54 Å². The van der Waals surface area contributed by atoms with Crippen LogP contribution >= 0.6 is 23.2 Å². The summed E-state index contributed by atoms with van der Waals surface area (Å²) in [7, 11) is 0. The van der Waals surface area contributed by atoms with E-state index in [2.05, 4.69) is 5.32 Å². The molecule has 2 N–H and O–H groups in total. The molecule has 1 aliphatic rings. The monoisotopic (exact) mass is 287 g/mol. The first-order valence-electron chi connectivity index (χ1n) is 6.48. The van der Waals surface area contributed by atoms with Crippen molar-refractivity contribution in [2.24, 2.45) is 5.92 Å². The van der Waals surface area contributed by atoms with Gasteiger partial charge < -0.3 is 10.4 Å². The number of hydrogen-bond donors (Lipinski definition) is 2. The molecule has 0 atom stereocenters. The van der Waals surface area contributed by atoms with Crippen LogP contribution in [0.15, 0.2) is 18.2 Å². The average Bonchev–Trinajstić information content (AvgIpc) is 2.36. The van der Waals surface area contributed by atoms with Gasteiger partial charge in [0.1, 0.15) is 0 Å². The van der Waals surface area contributed by atoms with E-state index in [4.69, 9.17) is 23.2 Å². The third-order valence-corrected chi connectivity index (χ3v) is 4.30. The molecule has 1 saturated carbocycles. The molecule has 0 unspecified atom stereocenters. The fourth-order valence-electron chi connectivity index (χ4n) is 2.42. The summed E-state index contributed by atoms with van der Waals surface area (Å²) < 4.78 is 0. The predicted octanol–water partition coefficient (Wildman–Crippen LogP) is 3.63. The van der Waals surface area contributed by atoms with Crippen LogP contribution < -0.4 is 5.32 Å². The lowest BCUT2D eigenvalue weighted by molar-refractivity contribution is 0.108. The third kappa shape index (κ3) is 4.13. The molecule has 0 aromatic heterocycles. The molecule has 0 radical (unpaired) electrons. The third-order valence-electron chi connectivity index (χ3n) is 3.56. The molecule has 0 heterocycles. The smallest absolute Gasteiger partial charge is 0.0595 e. The van der Waals surface area contributed by atoms with E-state index in [-0.39, 0.29) is 6.10 Å². The highest BCUT2D eigenvalue weighted by Crippen LogP contribution is 2.24. The summed E-state index contributed by atoms with van der Waals surface area (Å²) in [6, 6.07) is 5.73. The summed E-state index contributed by atoms with van der Waals surface area (Å²) in [4.78, 5) is 0. The average molecular weight is 288 g/mol. The molecule has 1 aliphatic carbocycles. The Bertz CT molecular complexity index is 389. The van der Waals surface area contributed by atoms with Crippen LogP contribution in [0.4, 0.5) is 0 Å². The minimum Gasteiger partial charge on any atom is -0.393 e. The first kappa shape index (κ1) is 14.1. The molecule has 4 heteroatoms. The van der Waals surface area contributed by atoms with E-state index < -0.39 is 0 Å². The van der Waals surface area contributed by atoms with E-state index >= 15 is 0 Å². The van der Waals surface area contributed by atoms with Crippen LogP contribution in [0, 0.1) is 5.92 Å². The van der Waals surface area contributed by atoms with E-state index in [1.807, 2.05) is 18.2 Å². The Morgan fingerprint density at radius 1 is 1.11 bits per heavy atom. The zero-order valence-corrected chi connectivity index (χ0v) is 11.8. The normalized spacial score (nSPS) is 24.2. The van der Waals surface area contributed by atoms with Crippen molar-refractivity contribution in [1.82, 2.24) is 5.32 Å². The van der Waals surface area contributed by atoms with Gasteiger partial charge in [0.15, 0.2) is 0 Å². The summed E-state index contributed by atoms with van der Waals surface area (Å²) in [5.74, 6) is 0.691. The summed E-state index contributed by atoms with van der Waals surface area (Å²) in [6.07, 6.45) is 4.06. The zero-order valence-electron chi connectivity index (χ0n) is 10.3. The number of hydrogen-bond acceptors (Lipinski definition) is 2. The van der Waals surface area contributed by atoms with Gasteiger partial charge in [0.25, 0.3) is 0 Å². The van der Waals surface area contributed by atoms with Gasteiger partial charge in [0, 0.05) is 6.54 Å². The van der Waals surface area contributed by atoms with Crippen LogP contribution in [-0.4, -0.2) is 17.8 Å². The second-order valence-corrected chi connectivity index (χ2v) is 5.87. The molecular weight excluding hydrogens is 269 g/mol. The summed E-state index contributed by atoms with van der Waals surface area (Å²) in [5, 5.41) is 14.1. The van der Waals surface area contributed by atoms with Gasteiger partial charge >= 0.3 is 0 Å². The molecule has 0 aliphatic heterocycles. The molecule has 1 aromatic rings. The molecular formula is C14H19Cl2NO. The van der Waals surface area contributed by atoms with Crippen molar-refractivity contribution in [2.45, 2.75) is 38.3 Å². The van der Waals surface area contributed by atoms with Crippen LogP contribution in [0.3, 0.4) is 0 Å². The standard InChI is InChI=1S/C14H19Cl2NO/c15-13-6-3-11(7-14(13)16)9-17-8-10-1-4-12(18)5-2-10/h3,6-7,10,12,17-18H,1-2,4-5,8-9H2. The Morgan fingerprint density at radius 2 is 1.83 bits per heavy atom. The number of aliphatic hydroxyl groups is 1. The van der Waals surface area contributed by atoms with Gasteiger partial charge in [-0.15, -0.1) is 0 Å². The maximum atomic E-state index is 9.44. The summed E-state index contributed by atoms with van der Waals surface area (Å²) in [6.45, 7) is 1.82. The molecule has 2 rings (SSSR count). The van der Waals surface area contributed by atoms with E-state index in [1.165, 1.54) is 0 Å².